The van der Waals surface area contributed by atoms with Crippen LogP contribution >= 0.6 is 11.6 Å². The minimum atomic E-state index is -0.160. The maximum atomic E-state index is 12.7. The zero-order valence-electron chi connectivity index (χ0n) is 15.1. The van der Waals surface area contributed by atoms with Gasteiger partial charge in [-0.25, -0.2) is 0 Å². The van der Waals surface area contributed by atoms with Gasteiger partial charge in [-0.05, 0) is 11.6 Å². The van der Waals surface area contributed by atoms with Crippen molar-refractivity contribution in [3.63, 3.8) is 0 Å². The highest BCUT2D eigenvalue weighted by atomic mass is 35.5. The second kappa shape index (κ2) is 8.37. The Labute approximate surface area is 159 Å². The minimum absolute atomic E-state index is 0.0657. The number of hydrogen-bond donors (Lipinski definition) is 0. The van der Waals surface area contributed by atoms with E-state index in [9.17, 15) is 4.79 Å². The number of carbonyl (C=O) groups is 1. The van der Waals surface area contributed by atoms with Gasteiger partial charge in [0.25, 0.3) is 0 Å². The number of halogens is 1. The van der Waals surface area contributed by atoms with Gasteiger partial charge < -0.3 is 9.74 Å². The fourth-order valence-electron chi connectivity index (χ4n) is 3.03. The van der Waals surface area contributed by atoms with Crippen molar-refractivity contribution in [2.24, 2.45) is 11.1 Å². The predicted octanol–water partition coefficient (Wildman–Crippen LogP) is 4.52. The lowest BCUT2D eigenvalue weighted by molar-refractivity contribution is -0.136. The Kier molecular flexibility index (Phi) is 5.94. The van der Waals surface area contributed by atoms with Crippen molar-refractivity contribution in [2.75, 3.05) is 6.54 Å². The Bertz CT molecular complexity index is 790. The van der Waals surface area contributed by atoms with Crippen LogP contribution < -0.4 is 0 Å². The molecule has 26 heavy (non-hydrogen) atoms. The van der Waals surface area contributed by atoms with E-state index in [1.165, 1.54) is 0 Å². The molecule has 1 aliphatic heterocycles. The van der Waals surface area contributed by atoms with Gasteiger partial charge in [-0.15, -0.1) is 0 Å². The largest absolute Gasteiger partial charge is 0.390 e. The van der Waals surface area contributed by atoms with Crippen LogP contribution in [0.5, 0.6) is 0 Å². The molecule has 1 amide bonds. The Hall–Kier alpha value is -2.33. The molecular weight excluding hydrogens is 348 g/mol. The minimum Gasteiger partial charge on any atom is -0.390 e. The second-order valence-electron chi connectivity index (χ2n) is 6.81. The molecule has 4 nitrogen and oxygen atoms in total. The van der Waals surface area contributed by atoms with E-state index < -0.39 is 0 Å². The molecule has 0 aliphatic carbocycles. The van der Waals surface area contributed by atoms with Crippen LogP contribution in [0.1, 0.15) is 31.4 Å². The molecule has 0 unspecified atom stereocenters. The van der Waals surface area contributed by atoms with Crippen LogP contribution in [-0.4, -0.2) is 29.2 Å². The molecule has 136 valence electrons. The SMILES string of the molecule is CC(C)C(=O)N(Cc1ccccc1)C[C@H]1CC(c2ccccc2Cl)=NO1. The van der Waals surface area contributed by atoms with E-state index in [4.69, 9.17) is 16.4 Å². The molecule has 0 N–H and O–H groups in total. The second-order valence-corrected chi connectivity index (χ2v) is 7.22. The maximum absolute atomic E-state index is 12.7. The van der Waals surface area contributed by atoms with Gasteiger partial charge in [-0.1, -0.05) is 79.1 Å². The van der Waals surface area contributed by atoms with E-state index in [-0.39, 0.29) is 17.9 Å². The summed E-state index contributed by atoms with van der Waals surface area (Å²) >= 11 is 6.26. The van der Waals surface area contributed by atoms with Crippen LogP contribution in [0, 0.1) is 5.92 Å². The van der Waals surface area contributed by atoms with Crippen molar-refractivity contribution in [3.8, 4) is 0 Å². The lowest BCUT2D eigenvalue weighted by Gasteiger charge is -2.26. The highest BCUT2D eigenvalue weighted by Crippen LogP contribution is 2.24. The summed E-state index contributed by atoms with van der Waals surface area (Å²) in [4.78, 5) is 20.1. The molecule has 1 atom stereocenters. The van der Waals surface area contributed by atoms with E-state index in [0.717, 1.165) is 16.8 Å². The Balaban J connectivity index is 1.68. The molecule has 1 aliphatic rings. The smallest absolute Gasteiger partial charge is 0.225 e. The maximum Gasteiger partial charge on any atom is 0.225 e. The van der Waals surface area contributed by atoms with Crippen molar-refractivity contribution in [1.82, 2.24) is 4.90 Å². The molecule has 0 saturated carbocycles. The summed E-state index contributed by atoms with van der Waals surface area (Å²) in [6, 6.07) is 17.6. The number of rotatable bonds is 6. The molecule has 1 heterocycles. The third kappa shape index (κ3) is 4.44. The highest BCUT2D eigenvalue weighted by molar-refractivity contribution is 6.34. The summed E-state index contributed by atoms with van der Waals surface area (Å²) < 4.78 is 0. The molecular formula is C21H23ClN2O2. The number of oxime groups is 1. The molecule has 3 rings (SSSR count). The Morgan fingerprint density at radius 2 is 1.88 bits per heavy atom. The van der Waals surface area contributed by atoms with Gasteiger partial charge in [0, 0.05) is 29.5 Å². The first kappa shape index (κ1) is 18.5. The lowest BCUT2D eigenvalue weighted by atomic mass is 10.0. The summed E-state index contributed by atoms with van der Waals surface area (Å²) in [6.45, 7) is 4.91. The molecule has 0 bridgehead atoms. The molecule has 0 radical (unpaired) electrons. The first-order valence-corrected chi connectivity index (χ1v) is 9.22. The third-order valence-electron chi connectivity index (χ3n) is 4.36. The lowest BCUT2D eigenvalue weighted by Crippen LogP contribution is -2.39. The van der Waals surface area contributed by atoms with E-state index in [1.54, 1.807) is 0 Å². The summed E-state index contributed by atoms with van der Waals surface area (Å²) in [7, 11) is 0. The van der Waals surface area contributed by atoms with Gasteiger partial charge in [-0.2, -0.15) is 0 Å². The van der Waals surface area contributed by atoms with Crippen LogP contribution in [0.3, 0.4) is 0 Å². The van der Waals surface area contributed by atoms with Crippen molar-refractivity contribution in [2.45, 2.75) is 32.9 Å². The zero-order chi connectivity index (χ0) is 18.5. The summed E-state index contributed by atoms with van der Waals surface area (Å²) in [6.07, 6.45) is 0.480. The number of carbonyl (C=O) groups excluding carboxylic acids is 1. The molecule has 0 spiro atoms. The Morgan fingerprint density at radius 1 is 1.19 bits per heavy atom. The van der Waals surface area contributed by atoms with Crippen molar-refractivity contribution in [3.05, 3.63) is 70.7 Å². The summed E-state index contributed by atoms with van der Waals surface area (Å²) in [5, 5.41) is 4.87. The normalized spacial score (nSPS) is 16.3. The molecule has 2 aromatic rings. The van der Waals surface area contributed by atoms with Gasteiger partial charge >= 0.3 is 0 Å². The van der Waals surface area contributed by atoms with Crippen LogP contribution in [0.2, 0.25) is 5.02 Å². The zero-order valence-corrected chi connectivity index (χ0v) is 15.8. The van der Waals surface area contributed by atoms with Crippen molar-refractivity contribution >= 4 is 23.2 Å². The van der Waals surface area contributed by atoms with E-state index in [2.05, 4.69) is 5.16 Å². The predicted molar refractivity (Wildman–Crippen MR) is 104 cm³/mol. The van der Waals surface area contributed by atoms with Crippen LogP contribution in [0.15, 0.2) is 59.8 Å². The third-order valence-corrected chi connectivity index (χ3v) is 4.69. The van der Waals surface area contributed by atoms with Crippen molar-refractivity contribution in [1.29, 1.82) is 0 Å². The van der Waals surface area contributed by atoms with Crippen LogP contribution in [-0.2, 0) is 16.2 Å². The molecule has 2 aromatic carbocycles. The molecule has 0 fully saturated rings. The average Bonchev–Trinajstić information content (AvgIpc) is 3.10. The van der Waals surface area contributed by atoms with E-state index >= 15 is 0 Å². The van der Waals surface area contributed by atoms with Gasteiger partial charge in [0.15, 0.2) is 6.10 Å². The number of benzene rings is 2. The van der Waals surface area contributed by atoms with E-state index in [0.29, 0.717) is 24.5 Å². The summed E-state index contributed by atoms with van der Waals surface area (Å²) in [5.74, 6) is 0.0488. The van der Waals surface area contributed by atoms with Crippen LogP contribution in [0.25, 0.3) is 0 Å². The van der Waals surface area contributed by atoms with Crippen LogP contribution in [0.4, 0.5) is 0 Å². The quantitative estimate of drug-likeness (QED) is 0.750. The first-order valence-electron chi connectivity index (χ1n) is 8.85. The number of hydrogen-bond acceptors (Lipinski definition) is 3. The van der Waals surface area contributed by atoms with Crippen molar-refractivity contribution < 1.29 is 9.63 Å². The van der Waals surface area contributed by atoms with Gasteiger partial charge in [0.05, 0.1) is 12.3 Å². The first-order chi connectivity index (χ1) is 12.5. The van der Waals surface area contributed by atoms with E-state index in [1.807, 2.05) is 73.3 Å². The Morgan fingerprint density at radius 3 is 2.58 bits per heavy atom. The monoisotopic (exact) mass is 370 g/mol. The summed E-state index contributed by atoms with van der Waals surface area (Å²) in [5.41, 5.74) is 2.82. The van der Waals surface area contributed by atoms with Gasteiger partial charge in [0.2, 0.25) is 5.91 Å². The number of amides is 1. The standard InChI is InChI=1S/C21H23ClN2O2/c1-15(2)21(25)24(13-16-8-4-3-5-9-16)14-17-12-20(23-26-17)18-10-6-7-11-19(18)22/h3-11,15,17H,12-14H2,1-2H3/t17-/m1/s1. The highest BCUT2D eigenvalue weighted by Gasteiger charge is 2.28. The van der Waals surface area contributed by atoms with Gasteiger partial charge in [-0.3, -0.25) is 4.79 Å². The average molecular weight is 371 g/mol. The molecule has 0 aromatic heterocycles. The number of nitrogens with zero attached hydrogens (tertiary/aromatic N) is 2. The molecule has 0 saturated heterocycles. The fourth-order valence-corrected chi connectivity index (χ4v) is 3.27. The molecule has 5 heteroatoms. The fraction of sp³-hybridized carbons (Fsp3) is 0.333. The topological polar surface area (TPSA) is 41.9 Å². The van der Waals surface area contributed by atoms with Gasteiger partial charge in [0.1, 0.15) is 0 Å².